The molecule has 5 nitrogen and oxygen atoms in total. The molecule has 0 aromatic heterocycles. The summed E-state index contributed by atoms with van der Waals surface area (Å²) in [5.41, 5.74) is 1.02. The predicted molar refractivity (Wildman–Crippen MR) is 124 cm³/mol. The van der Waals surface area contributed by atoms with Gasteiger partial charge in [-0.3, -0.25) is 4.79 Å². The molecule has 0 fully saturated rings. The molecular formula is C21H16Cl2N2O3S2. The van der Waals surface area contributed by atoms with Crippen molar-refractivity contribution in [1.29, 1.82) is 0 Å². The van der Waals surface area contributed by atoms with E-state index >= 15 is 0 Å². The van der Waals surface area contributed by atoms with Crippen LogP contribution in [0, 0.1) is 0 Å². The summed E-state index contributed by atoms with van der Waals surface area (Å²) in [6.45, 7) is 0. The third-order valence-corrected chi connectivity index (χ3v) is 6.59. The largest absolute Gasteiger partial charge is 0.334 e. The summed E-state index contributed by atoms with van der Waals surface area (Å²) in [6, 6.07) is 21.1. The zero-order valence-corrected chi connectivity index (χ0v) is 18.6. The van der Waals surface area contributed by atoms with Crippen LogP contribution in [0.25, 0.3) is 0 Å². The van der Waals surface area contributed by atoms with Crippen molar-refractivity contribution in [1.82, 2.24) is 0 Å². The van der Waals surface area contributed by atoms with E-state index in [1.807, 2.05) is 0 Å². The van der Waals surface area contributed by atoms with E-state index in [2.05, 4.69) is 9.71 Å². The molecule has 0 spiro atoms. The third-order valence-electron chi connectivity index (χ3n) is 3.83. The summed E-state index contributed by atoms with van der Waals surface area (Å²) in [5, 5.41) is 4.00. The lowest BCUT2D eigenvalue weighted by molar-refractivity contribution is 0.102. The zero-order valence-electron chi connectivity index (χ0n) is 15.5. The second-order valence-corrected chi connectivity index (χ2v) is 9.48. The Hall–Kier alpha value is -2.32. The van der Waals surface area contributed by atoms with Crippen molar-refractivity contribution in [2.45, 2.75) is 4.90 Å². The van der Waals surface area contributed by atoms with Gasteiger partial charge >= 0.3 is 0 Å². The highest BCUT2D eigenvalue weighted by molar-refractivity contribution is 8.15. The van der Waals surface area contributed by atoms with E-state index in [1.165, 1.54) is 12.1 Å². The maximum Gasteiger partial charge on any atom is 0.284 e. The molecular weight excluding hydrogens is 463 g/mol. The van der Waals surface area contributed by atoms with Crippen molar-refractivity contribution >= 4 is 61.6 Å². The van der Waals surface area contributed by atoms with E-state index in [-0.39, 0.29) is 21.6 Å². The number of carbonyl (C=O) groups is 1. The van der Waals surface area contributed by atoms with Gasteiger partial charge in [-0.15, -0.1) is 4.40 Å². The average Bonchev–Trinajstić information content (AvgIpc) is 2.73. The minimum absolute atomic E-state index is 0.0155. The summed E-state index contributed by atoms with van der Waals surface area (Å²) in [4.78, 5) is 12.5. The average molecular weight is 479 g/mol. The fraction of sp³-hybridized carbons (Fsp3) is 0.0476. The molecule has 0 amide bonds. The van der Waals surface area contributed by atoms with Crippen LogP contribution >= 0.6 is 35.0 Å². The number of anilines is 1. The quantitative estimate of drug-likeness (QED) is 0.276. The lowest BCUT2D eigenvalue weighted by atomic mass is 10.1. The van der Waals surface area contributed by atoms with E-state index in [0.717, 1.165) is 11.8 Å². The number of amidine groups is 1. The van der Waals surface area contributed by atoms with Gasteiger partial charge < -0.3 is 5.32 Å². The first kappa shape index (κ1) is 22.4. The molecule has 0 heterocycles. The number of thioether (sulfide) groups is 1. The SMILES string of the molecule is O=C(CS/C(=N\S(=O)(=O)c1ccccc1)Nc1cccc(Cl)c1)c1ccc(Cl)cc1. The van der Waals surface area contributed by atoms with Crippen LogP contribution in [-0.4, -0.2) is 25.1 Å². The second kappa shape index (κ2) is 10.1. The molecule has 1 N–H and O–H groups in total. The maximum absolute atomic E-state index is 12.7. The number of ketones is 1. The molecule has 0 bridgehead atoms. The van der Waals surface area contributed by atoms with Gasteiger partial charge in [-0.2, -0.15) is 8.42 Å². The van der Waals surface area contributed by atoms with Crippen molar-refractivity contribution in [2.75, 3.05) is 11.1 Å². The van der Waals surface area contributed by atoms with Crippen LogP contribution in [0.3, 0.4) is 0 Å². The summed E-state index contributed by atoms with van der Waals surface area (Å²) >= 11 is 12.8. The van der Waals surface area contributed by atoms with E-state index < -0.39 is 10.0 Å². The summed E-state index contributed by atoms with van der Waals surface area (Å²) < 4.78 is 29.3. The molecule has 154 valence electrons. The van der Waals surface area contributed by atoms with Crippen molar-refractivity contribution in [2.24, 2.45) is 4.40 Å². The lowest BCUT2D eigenvalue weighted by Crippen LogP contribution is -2.14. The number of carbonyl (C=O) groups excluding carboxylic acids is 1. The fourth-order valence-electron chi connectivity index (χ4n) is 2.38. The minimum atomic E-state index is -3.96. The van der Waals surface area contributed by atoms with Crippen LogP contribution < -0.4 is 5.32 Å². The Kier molecular flexibility index (Phi) is 7.55. The predicted octanol–water partition coefficient (Wildman–Crippen LogP) is 5.77. The molecule has 0 radical (unpaired) electrons. The Morgan fingerprint density at radius 1 is 0.900 bits per heavy atom. The molecule has 0 aliphatic heterocycles. The molecule has 3 rings (SSSR count). The number of sulfonamides is 1. The molecule has 30 heavy (non-hydrogen) atoms. The van der Waals surface area contributed by atoms with E-state index in [0.29, 0.717) is 21.3 Å². The van der Waals surface area contributed by atoms with Gasteiger partial charge in [0.05, 0.1) is 10.6 Å². The molecule has 0 saturated carbocycles. The van der Waals surface area contributed by atoms with Crippen molar-refractivity contribution in [3.05, 3.63) is 94.5 Å². The highest BCUT2D eigenvalue weighted by Gasteiger charge is 2.16. The molecule has 0 saturated heterocycles. The van der Waals surface area contributed by atoms with Crippen molar-refractivity contribution in [3.63, 3.8) is 0 Å². The van der Waals surface area contributed by atoms with Gasteiger partial charge in [0.1, 0.15) is 0 Å². The smallest absolute Gasteiger partial charge is 0.284 e. The first-order chi connectivity index (χ1) is 14.3. The highest BCUT2D eigenvalue weighted by atomic mass is 35.5. The Labute approximate surface area is 189 Å². The van der Waals surface area contributed by atoms with Gasteiger partial charge in [0.15, 0.2) is 11.0 Å². The molecule has 0 unspecified atom stereocenters. The third kappa shape index (κ3) is 6.34. The van der Waals surface area contributed by atoms with Gasteiger partial charge in [0.25, 0.3) is 10.0 Å². The number of rotatable bonds is 6. The number of nitrogens with zero attached hydrogens (tertiary/aromatic N) is 1. The number of hydrogen-bond donors (Lipinski definition) is 1. The number of nitrogens with one attached hydrogen (secondary N) is 1. The molecule has 3 aromatic rings. The van der Waals surface area contributed by atoms with Crippen molar-refractivity contribution in [3.8, 4) is 0 Å². The van der Waals surface area contributed by atoms with Crippen LogP contribution in [0.5, 0.6) is 0 Å². The molecule has 3 aromatic carbocycles. The topological polar surface area (TPSA) is 75.6 Å². The molecule has 0 atom stereocenters. The summed E-state index contributed by atoms with van der Waals surface area (Å²) in [5.74, 6) is -0.201. The van der Waals surface area contributed by atoms with E-state index in [4.69, 9.17) is 23.2 Å². The number of halogens is 2. The Balaban J connectivity index is 1.85. The normalized spacial score (nSPS) is 11.9. The van der Waals surface area contributed by atoms with E-state index in [1.54, 1.807) is 66.7 Å². The van der Waals surface area contributed by atoms with Gasteiger partial charge in [-0.05, 0) is 54.6 Å². The Morgan fingerprint density at radius 3 is 2.27 bits per heavy atom. The van der Waals surface area contributed by atoms with Gasteiger partial charge in [-0.1, -0.05) is 59.2 Å². The van der Waals surface area contributed by atoms with E-state index in [9.17, 15) is 13.2 Å². The van der Waals surface area contributed by atoms with Crippen LogP contribution in [0.2, 0.25) is 10.0 Å². The summed E-state index contributed by atoms with van der Waals surface area (Å²) in [6.07, 6.45) is 0. The highest BCUT2D eigenvalue weighted by Crippen LogP contribution is 2.21. The van der Waals surface area contributed by atoms with Crippen LogP contribution in [0.4, 0.5) is 5.69 Å². The zero-order chi connectivity index (χ0) is 21.6. The van der Waals surface area contributed by atoms with Gasteiger partial charge in [0.2, 0.25) is 0 Å². The number of benzene rings is 3. The molecule has 0 aliphatic rings. The van der Waals surface area contributed by atoms with Gasteiger partial charge in [-0.25, -0.2) is 0 Å². The first-order valence-electron chi connectivity index (χ1n) is 8.68. The van der Waals surface area contributed by atoms with Crippen molar-refractivity contribution < 1.29 is 13.2 Å². The summed E-state index contributed by atoms with van der Waals surface area (Å²) in [7, 11) is -3.96. The number of hydrogen-bond acceptors (Lipinski definition) is 4. The standard InChI is InChI=1S/C21H16Cl2N2O3S2/c22-16-11-9-15(10-12-16)20(26)14-29-21(24-18-6-4-5-17(23)13-18)25-30(27,28)19-7-2-1-3-8-19/h1-13H,14H2,(H,24,25). The molecule has 9 heteroatoms. The first-order valence-corrected chi connectivity index (χ1v) is 11.9. The lowest BCUT2D eigenvalue weighted by Gasteiger charge is -2.10. The number of Topliss-reactive ketones (excluding diaryl/α,β-unsaturated/α-hetero) is 1. The Bertz CT molecular complexity index is 1170. The monoisotopic (exact) mass is 478 g/mol. The van der Waals surface area contributed by atoms with Crippen LogP contribution in [0.1, 0.15) is 10.4 Å². The molecule has 0 aliphatic carbocycles. The fourth-order valence-corrected chi connectivity index (χ4v) is 4.70. The van der Waals surface area contributed by atoms with Crippen LogP contribution in [0.15, 0.2) is 88.2 Å². The van der Waals surface area contributed by atoms with Gasteiger partial charge in [0, 0.05) is 21.3 Å². The minimum Gasteiger partial charge on any atom is -0.334 e. The van der Waals surface area contributed by atoms with Crippen LogP contribution in [-0.2, 0) is 10.0 Å². The maximum atomic E-state index is 12.7. The Morgan fingerprint density at radius 2 is 1.60 bits per heavy atom. The second-order valence-electron chi connectivity index (χ2n) is 6.04.